The molecule has 2 fully saturated rings. The second kappa shape index (κ2) is 6.48. The van der Waals surface area contributed by atoms with E-state index in [1.807, 2.05) is 30.1 Å². The van der Waals surface area contributed by atoms with Gasteiger partial charge in [-0.25, -0.2) is 4.98 Å². The summed E-state index contributed by atoms with van der Waals surface area (Å²) in [6, 6.07) is 6.70. The maximum atomic E-state index is 13.6. The highest BCUT2D eigenvalue weighted by Crippen LogP contribution is 2.56. The van der Waals surface area contributed by atoms with Gasteiger partial charge in [0.1, 0.15) is 5.82 Å². The van der Waals surface area contributed by atoms with Crippen LogP contribution in [0.5, 0.6) is 0 Å². The first kappa shape index (κ1) is 17.0. The van der Waals surface area contributed by atoms with Crippen molar-refractivity contribution < 1.29 is 4.79 Å². The van der Waals surface area contributed by atoms with Crippen molar-refractivity contribution in [3.63, 3.8) is 0 Å². The molecule has 1 atom stereocenters. The van der Waals surface area contributed by atoms with E-state index in [1.165, 1.54) is 30.4 Å². The van der Waals surface area contributed by atoms with E-state index < -0.39 is 0 Å². The average molecular weight is 364 g/mol. The summed E-state index contributed by atoms with van der Waals surface area (Å²) in [5, 5.41) is 3.46. The number of rotatable bonds is 4. The molecule has 1 aromatic carbocycles. The third-order valence-corrected chi connectivity index (χ3v) is 6.96. The van der Waals surface area contributed by atoms with Crippen LogP contribution in [-0.4, -0.2) is 39.5 Å². The number of benzene rings is 1. The van der Waals surface area contributed by atoms with Crippen molar-refractivity contribution in [3.8, 4) is 0 Å². The third-order valence-electron chi connectivity index (χ3n) is 6.96. The van der Waals surface area contributed by atoms with Gasteiger partial charge in [-0.15, -0.1) is 0 Å². The summed E-state index contributed by atoms with van der Waals surface area (Å²) in [6.07, 6.45) is 10.7. The summed E-state index contributed by atoms with van der Waals surface area (Å²) in [7, 11) is 2.01. The van der Waals surface area contributed by atoms with Gasteiger partial charge in [-0.3, -0.25) is 4.79 Å². The molecule has 2 aromatic rings. The molecule has 27 heavy (non-hydrogen) atoms. The number of amides is 1. The summed E-state index contributed by atoms with van der Waals surface area (Å²) < 4.78 is 2.03. The van der Waals surface area contributed by atoms with Crippen molar-refractivity contribution in [2.75, 3.05) is 13.1 Å². The Morgan fingerprint density at radius 3 is 2.89 bits per heavy atom. The first-order valence-corrected chi connectivity index (χ1v) is 10.3. The minimum atomic E-state index is 0.174. The molecule has 142 valence electrons. The van der Waals surface area contributed by atoms with Crippen LogP contribution >= 0.6 is 0 Å². The van der Waals surface area contributed by atoms with E-state index in [0.717, 1.165) is 43.7 Å². The molecule has 1 saturated heterocycles. The van der Waals surface area contributed by atoms with E-state index in [-0.39, 0.29) is 5.91 Å². The molecule has 5 heteroatoms. The smallest absolute Gasteiger partial charge is 0.254 e. The average Bonchev–Trinajstić information content (AvgIpc) is 3.02. The molecule has 5 nitrogen and oxygen atoms in total. The number of nitrogens with one attached hydrogen (secondary N) is 1. The summed E-state index contributed by atoms with van der Waals surface area (Å²) in [6.45, 7) is 2.73. The second-order valence-electron chi connectivity index (χ2n) is 8.56. The molecule has 0 radical (unpaired) electrons. The summed E-state index contributed by atoms with van der Waals surface area (Å²) in [5.41, 5.74) is 3.96. The first-order valence-electron chi connectivity index (χ1n) is 10.3. The molecule has 1 N–H and O–H groups in total. The largest absolute Gasteiger partial charge is 0.337 e. The first-order chi connectivity index (χ1) is 13.2. The van der Waals surface area contributed by atoms with Crippen molar-refractivity contribution >= 4 is 5.91 Å². The fraction of sp³-hybridized carbons (Fsp3) is 0.545. The zero-order valence-electron chi connectivity index (χ0n) is 16.1. The molecule has 1 aliphatic heterocycles. The zero-order chi connectivity index (χ0) is 18.4. The van der Waals surface area contributed by atoms with Crippen molar-refractivity contribution in [1.29, 1.82) is 0 Å². The highest BCUT2D eigenvalue weighted by atomic mass is 16.2. The minimum Gasteiger partial charge on any atom is -0.337 e. The second-order valence-corrected chi connectivity index (χ2v) is 8.56. The van der Waals surface area contributed by atoms with Crippen molar-refractivity contribution in [1.82, 2.24) is 19.8 Å². The number of piperidine rings is 1. The Morgan fingerprint density at radius 1 is 1.30 bits per heavy atom. The van der Waals surface area contributed by atoms with Gasteiger partial charge in [0.2, 0.25) is 0 Å². The Kier molecular flexibility index (Phi) is 4.08. The van der Waals surface area contributed by atoms with Crippen LogP contribution in [0, 0.1) is 5.41 Å². The van der Waals surface area contributed by atoms with E-state index in [1.54, 1.807) is 0 Å². The molecule has 1 amide bonds. The van der Waals surface area contributed by atoms with Crippen LogP contribution in [0.25, 0.3) is 0 Å². The number of carbonyl (C=O) groups is 1. The van der Waals surface area contributed by atoms with Gasteiger partial charge in [-0.2, -0.15) is 0 Å². The molecule has 1 saturated carbocycles. The number of nitrogens with zero attached hydrogens (tertiary/aromatic N) is 3. The fourth-order valence-corrected chi connectivity index (χ4v) is 5.12. The van der Waals surface area contributed by atoms with Crippen LogP contribution in [0.3, 0.4) is 0 Å². The lowest BCUT2D eigenvalue weighted by molar-refractivity contribution is 0.0685. The molecule has 3 aliphatic rings. The Morgan fingerprint density at radius 2 is 2.11 bits per heavy atom. The van der Waals surface area contributed by atoms with Gasteiger partial charge >= 0.3 is 0 Å². The molecule has 2 heterocycles. The number of aromatic nitrogens is 2. The summed E-state index contributed by atoms with van der Waals surface area (Å²) >= 11 is 0. The number of fused-ring (bicyclic) bond motifs is 1. The monoisotopic (exact) mass is 364 g/mol. The number of aryl methyl sites for hydroxylation is 3. The van der Waals surface area contributed by atoms with Crippen LogP contribution in [0.4, 0.5) is 0 Å². The van der Waals surface area contributed by atoms with E-state index >= 15 is 0 Å². The number of imidazole rings is 1. The van der Waals surface area contributed by atoms with Gasteiger partial charge < -0.3 is 14.8 Å². The normalized spacial score (nSPS) is 22.6. The minimum absolute atomic E-state index is 0.174. The molecule has 5 rings (SSSR count). The van der Waals surface area contributed by atoms with Gasteiger partial charge in [0.05, 0.1) is 6.54 Å². The Bertz CT molecular complexity index is 865. The summed E-state index contributed by atoms with van der Waals surface area (Å²) in [4.78, 5) is 20.2. The lowest BCUT2D eigenvalue weighted by Gasteiger charge is -2.29. The quantitative estimate of drug-likeness (QED) is 0.907. The van der Waals surface area contributed by atoms with Crippen molar-refractivity contribution in [3.05, 3.63) is 53.1 Å². The molecule has 1 aromatic heterocycles. The van der Waals surface area contributed by atoms with Crippen molar-refractivity contribution in [2.24, 2.45) is 12.5 Å². The fourth-order valence-electron chi connectivity index (χ4n) is 5.12. The van der Waals surface area contributed by atoms with Crippen LogP contribution in [0.15, 0.2) is 30.6 Å². The van der Waals surface area contributed by atoms with Gasteiger partial charge in [-0.1, -0.05) is 6.07 Å². The third kappa shape index (κ3) is 2.98. The highest BCUT2D eigenvalue weighted by molar-refractivity contribution is 5.95. The van der Waals surface area contributed by atoms with E-state index in [9.17, 15) is 4.79 Å². The van der Waals surface area contributed by atoms with Gasteiger partial charge in [0.15, 0.2) is 0 Å². The topological polar surface area (TPSA) is 50.2 Å². The molecular weight excluding hydrogens is 336 g/mol. The van der Waals surface area contributed by atoms with E-state index in [2.05, 4.69) is 27.3 Å². The summed E-state index contributed by atoms with van der Waals surface area (Å²) in [5.74, 6) is 1.13. The molecule has 0 unspecified atom stereocenters. The predicted molar refractivity (Wildman–Crippen MR) is 104 cm³/mol. The maximum Gasteiger partial charge on any atom is 0.254 e. The maximum absolute atomic E-state index is 13.6. The Balaban J connectivity index is 1.44. The number of hydrogen-bond acceptors (Lipinski definition) is 3. The Labute approximate surface area is 160 Å². The number of carbonyl (C=O) groups excluding carboxylic acids is 1. The van der Waals surface area contributed by atoms with Crippen molar-refractivity contribution in [2.45, 2.75) is 51.1 Å². The van der Waals surface area contributed by atoms with Gasteiger partial charge in [-0.05, 0) is 80.3 Å². The standard InChI is InChI=1S/C22H28N4O/c1-25-12-11-24-20(25)15-26(19-14-22(19)7-9-23-10-8-22)21(27)18-6-5-16-3-2-4-17(16)13-18/h5-6,11-13,19,23H,2-4,7-10,14-15H2,1H3/t19-/m0/s1. The lowest BCUT2D eigenvalue weighted by Crippen LogP contribution is -2.39. The molecule has 0 bridgehead atoms. The predicted octanol–water partition coefficient (Wildman–Crippen LogP) is 2.69. The van der Waals surface area contributed by atoms with Crippen LogP contribution < -0.4 is 5.32 Å². The highest BCUT2D eigenvalue weighted by Gasteiger charge is 2.58. The number of hydrogen-bond donors (Lipinski definition) is 1. The Hall–Kier alpha value is -2.14. The SMILES string of the molecule is Cn1ccnc1CN(C(=O)c1ccc2c(c1)CCC2)[C@H]1CC12CCNCC2. The zero-order valence-corrected chi connectivity index (χ0v) is 16.1. The van der Waals surface area contributed by atoms with E-state index in [4.69, 9.17) is 0 Å². The van der Waals surface area contributed by atoms with Crippen LogP contribution in [0.1, 0.15) is 53.0 Å². The van der Waals surface area contributed by atoms with Gasteiger partial charge in [0.25, 0.3) is 5.91 Å². The molecule has 2 aliphatic carbocycles. The van der Waals surface area contributed by atoms with Gasteiger partial charge in [0, 0.05) is 31.0 Å². The van der Waals surface area contributed by atoms with Crippen LogP contribution in [0.2, 0.25) is 0 Å². The molecular formula is C22H28N4O. The van der Waals surface area contributed by atoms with Crippen LogP contribution in [-0.2, 0) is 26.4 Å². The van der Waals surface area contributed by atoms with E-state index in [0.29, 0.717) is 18.0 Å². The molecule has 1 spiro atoms. The lowest BCUT2D eigenvalue weighted by atomic mass is 9.93.